The van der Waals surface area contributed by atoms with Gasteiger partial charge in [-0.2, -0.15) is 0 Å². The number of H-pyrrole nitrogens is 1. The number of likely N-dealkylation sites (tertiary alicyclic amines) is 2. The smallest absolute Gasteiger partial charge is 0.410 e. The van der Waals surface area contributed by atoms with Crippen LogP contribution in [0.15, 0.2) is 133 Å². The Morgan fingerprint density at radius 2 is 1.03 bits per heavy atom. The van der Waals surface area contributed by atoms with E-state index in [1.165, 1.54) is 0 Å². The SMILES string of the molecule is C.C.CC(C)(C)OC(=O)N1CCC(c2ccc(N)c(N)n2)CC1.CC(C)(C)OC(=O)N1CCC(c2ccc3[nH]c(-c4ccc(COc5ccccc5)cc4)nc3n2)CC1.O=Cc1ccc(COc2ccccc2)cc1. The highest BCUT2D eigenvalue weighted by Crippen LogP contribution is 2.31. The zero-order chi connectivity index (χ0) is 52.0. The molecule has 5 heterocycles. The Hall–Kier alpha value is -7.94. The number of nitrogens with one attached hydrogen (secondary N) is 1. The molecule has 75 heavy (non-hydrogen) atoms. The van der Waals surface area contributed by atoms with Gasteiger partial charge in [0.25, 0.3) is 0 Å². The lowest BCUT2D eigenvalue weighted by Crippen LogP contribution is -2.41. The third-order valence-corrected chi connectivity index (χ3v) is 12.1. The number of carbonyl (C=O) groups is 3. The average molecular weight is 1020 g/mol. The number of para-hydroxylation sites is 2. The van der Waals surface area contributed by atoms with E-state index in [1.54, 1.807) is 28.0 Å². The Bertz CT molecular complexity index is 2870. The number of nitrogens with two attached hydrogens (primary N) is 2. The van der Waals surface area contributed by atoms with E-state index >= 15 is 0 Å². The molecule has 2 aliphatic heterocycles. The number of nitrogens with zero attached hydrogens (tertiary/aromatic N) is 5. The van der Waals surface area contributed by atoms with Crippen LogP contribution in [-0.4, -0.2) is 85.6 Å². The number of piperidine rings is 2. The van der Waals surface area contributed by atoms with Crippen molar-refractivity contribution in [1.82, 2.24) is 29.7 Å². The minimum Gasteiger partial charge on any atom is -0.489 e. The summed E-state index contributed by atoms with van der Waals surface area (Å²) < 4.78 is 22.3. The predicted molar refractivity (Wildman–Crippen MR) is 299 cm³/mol. The lowest BCUT2D eigenvalue weighted by atomic mass is 9.93. The van der Waals surface area contributed by atoms with Crippen LogP contribution in [0.4, 0.5) is 21.1 Å². The fraction of sp³-hybridized carbons (Fsp3) is 0.367. The highest BCUT2D eigenvalue weighted by atomic mass is 16.6. The molecule has 15 heteroatoms. The van der Waals surface area contributed by atoms with Crippen LogP contribution in [0.2, 0.25) is 0 Å². The van der Waals surface area contributed by atoms with E-state index in [4.69, 9.17) is 40.4 Å². The number of aromatic nitrogens is 4. The van der Waals surface area contributed by atoms with Crippen molar-refractivity contribution in [1.29, 1.82) is 0 Å². The van der Waals surface area contributed by atoms with E-state index in [9.17, 15) is 14.4 Å². The zero-order valence-corrected chi connectivity index (χ0v) is 42.8. The summed E-state index contributed by atoms with van der Waals surface area (Å²) in [5.74, 6) is 3.49. The molecule has 2 fully saturated rings. The number of ether oxygens (including phenoxy) is 4. The van der Waals surface area contributed by atoms with Gasteiger partial charge in [-0.25, -0.2) is 24.5 Å². The molecule has 4 aromatic carbocycles. The first kappa shape index (κ1) is 58.0. The fourth-order valence-corrected chi connectivity index (χ4v) is 8.19. The van der Waals surface area contributed by atoms with E-state index in [-0.39, 0.29) is 27.0 Å². The van der Waals surface area contributed by atoms with Gasteiger partial charge in [-0.3, -0.25) is 4.79 Å². The van der Waals surface area contributed by atoms with Gasteiger partial charge in [0.15, 0.2) is 5.65 Å². The molecule has 7 aromatic rings. The van der Waals surface area contributed by atoms with Crippen molar-refractivity contribution in [3.63, 3.8) is 0 Å². The van der Waals surface area contributed by atoms with Crippen molar-refractivity contribution in [2.24, 2.45) is 0 Å². The van der Waals surface area contributed by atoms with Gasteiger partial charge in [0.05, 0.1) is 11.2 Å². The molecule has 0 spiro atoms. The Kier molecular flexibility index (Phi) is 20.7. The summed E-state index contributed by atoms with van der Waals surface area (Å²) >= 11 is 0. The van der Waals surface area contributed by atoms with Crippen LogP contribution in [0.1, 0.15) is 127 Å². The summed E-state index contributed by atoms with van der Waals surface area (Å²) in [5.41, 5.74) is 18.4. The molecule has 2 saturated heterocycles. The Labute approximate surface area is 443 Å². The van der Waals surface area contributed by atoms with Crippen LogP contribution in [0.3, 0.4) is 0 Å². The summed E-state index contributed by atoms with van der Waals surface area (Å²) in [6.07, 6.45) is 3.79. The monoisotopic (exact) mass is 1020 g/mol. The second-order valence-corrected chi connectivity index (χ2v) is 20.1. The molecule has 0 atom stereocenters. The maximum absolute atomic E-state index is 12.4. The highest BCUT2D eigenvalue weighted by molar-refractivity contribution is 5.76. The van der Waals surface area contributed by atoms with Crippen LogP contribution in [-0.2, 0) is 22.7 Å². The molecular weight excluding hydrogens is 945 g/mol. The number of benzene rings is 4. The number of nitrogen functional groups attached to an aromatic ring is 2. The molecule has 15 nitrogen and oxygen atoms in total. The van der Waals surface area contributed by atoms with Crippen molar-refractivity contribution in [2.75, 3.05) is 37.6 Å². The number of aldehydes is 1. The van der Waals surface area contributed by atoms with Gasteiger partial charge in [-0.1, -0.05) is 99.8 Å². The number of aromatic amines is 1. The van der Waals surface area contributed by atoms with E-state index in [2.05, 4.69) is 46.4 Å². The van der Waals surface area contributed by atoms with E-state index in [0.29, 0.717) is 73.9 Å². The predicted octanol–water partition coefficient (Wildman–Crippen LogP) is 13.0. The maximum Gasteiger partial charge on any atom is 0.410 e. The number of hydrogen-bond acceptors (Lipinski definition) is 12. The molecule has 0 radical (unpaired) electrons. The van der Waals surface area contributed by atoms with Crippen molar-refractivity contribution >= 4 is 41.1 Å². The Balaban J connectivity index is 0.000000227. The average Bonchev–Trinajstić information content (AvgIpc) is 3.83. The molecule has 2 aliphatic rings. The van der Waals surface area contributed by atoms with Crippen molar-refractivity contribution in [2.45, 2.75) is 118 Å². The Morgan fingerprint density at radius 1 is 0.587 bits per heavy atom. The van der Waals surface area contributed by atoms with Crippen LogP contribution in [0, 0.1) is 0 Å². The lowest BCUT2D eigenvalue weighted by Gasteiger charge is -2.33. The number of fused-ring (bicyclic) bond motifs is 1. The maximum atomic E-state index is 12.4. The fourth-order valence-electron chi connectivity index (χ4n) is 8.19. The molecule has 5 N–H and O–H groups in total. The zero-order valence-electron chi connectivity index (χ0n) is 42.8. The highest BCUT2D eigenvalue weighted by Gasteiger charge is 2.30. The quantitative estimate of drug-likeness (QED) is 0.110. The first-order valence-corrected chi connectivity index (χ1v) is 24.8. The number of pyridine rings is 2. The molecule has 0 bridgehead atoms. The largest absolute Gasteiger partial charge is 0.489 e. The molecule has 2 amide bonds. The molecular formula is C60H76N8O7. The van der Waals surface area contributed by atoms with Crippen molar-refractivity contribution in [3.8, 4) is 22.9 Å². The first-order chi connectivity index (χ1) is 35.0. The van der Waals surface area contributed by atoms with Crippen LogP contribution in [0.5, 0.6) is 11.5 Å². The van der Waals surface area contributed by atoms with Crippen molar-refractivity contribution < 1.29 is 33.3 Å². The Morgan fingerprint density at radius 3 is 1.47 bits per heavy atom. The third-order valence-electron chi connectivity index (χ3n) is 12.1. The second-order valence-electron chi connectivity index (χ2n) is 20.1. The number of hydrogen-bond donors (Lipinski definition) is 3. The number of carbonyl (C=O) groups excluding carboxylic acids is 3. The molecule has 9 rings (SSSR count). The van der Waals surface area contributed by atoms with Gasteiger partial charge in [-0.05, 0) is 127 Å². The first-order valence-electron chi connectivity index (χ1n) is 24.8. The number of anilines is 2. The van der Waals surface area contributed by atoms with Crippen LogP contribution < -0.4 is 20.9 Å². The molecule has 0 unspecified atom stereocenters. The summed E-state index contributed by atoms with van der Waals surface area (Å²) in [6, 6.07) is 42.9. The minimum atomic E-state index is -0.478. The molecule has 0 aliphatic carbocycles. The molecule has 0 saturated carbocycles. The molecule has 3 aromatic heterocycles. The standard InChI is InChI=1S/C29H32N4O3.C15H24N4O2.C14H12O2.2CH4/c1-29(2,3)36-28(34)33-17-15-21(16-18-33)24-13-14-25-27(30-24)32-26(31-25)22-11-9-20(10-12-22)19-35-23-7-5-4-6-8-23;1-15(2,3)21-14(20)19-8-6-10(7-9-19)12-5-4-11(16)13(17)18-12;15-10-12-6-8-13(9-7-12)11-16-14-4-2-1-3-5-14;;/h4-14,21H,15-19H2,1-3H3,(H,30,31,32);4-5,10H,6-9,16H2,1-3H3,(H2,17,18);1-10H,11H2;2*1H4. The van der Waals surface area contributed by atoms with E-state index in [1.807, 2.05) is 120 Å². The summed E-state index contributed by atoms with van der Waals surface area (Å²) in [5, 5.41) is 0. The van der Waals surface area contributed by atoms with Gasteiger partial charge < -0.3 is 45.2 Å². The topological polar surface area (TPSA) is 201 Å². The molecule has 398 valence electrons. The van der Waals surface area contributed by atoms with Gasteiger partial charge in [-0.15, -0.1) is 0 Å². The third kappa shape index (κ3) is 17.6. The van der Waals surface area contributed by atoms with Crippen molar-refractivity contribution in [3.05, 3.63) is 162 Å². The number of rotatable bonds is 10. The normalized spacial score (nSPS) is 13.8. The van der Waals surface area contributed by atoms with E-state index < -0.39 is 11.2 Å². The minimum absolute atomic E-state index is 0. The van der Waals surface area contributed by atoms with Gasteiger partial charge in [0, 0.05) is 60.5 Å². The summed E-state index contributed by atoms with van der Waals surface area (Å²) in [6.45, 7) is 15.0. The number of amides is 2. The van der Waals surface area contributed by atoms with Crippen LogP contribution >= 0.6 is 0 Å². The number of imidazole rings is 1. The van der Waals surface area contributed by atoms with Gasteiger partial charge >= 0.3 is 12.2 Å². The van der Waals surface area contributed by atoms with Gasteiger partial charge in [0.1, 0.15) is 53.8 Å². The summed E-state index contributed by atoms with van der Waals surface area (Å²) in [7, 11) is 0. The second kappa shape index (κ2) is 26.8. The van der Waals surface area contributed by atoms with Crippen LogP contribution in [0.25, 0.3) is 22.6 Å². The van der Waals surface area contributed by atoms with E-state index in [0.717, 1.165) is 82.9 Å². The lowest BCUT2D eigenvalue weighted by molar-refractivity contribution is 0.0193. The summed E-state index contributed by atoms with van der Waals surface area (Å²) in [4.78, 5) is 55.7. The van der Waals surface area contributed by atoms with Gasteiger partial charge in [0.2, 0.25) is 0 Å².